The summed E-state index contributed by atoms with van der Waals surface area (Å²) in [5.41, 5.74) is 1.57. The van der Waals surface area contributed by atoms with E-state index in [1.807, 2.05) is 0 Å². The summed E-state index contributed by atoms with van der Waals surface area (Å²) in [5.74, 6) is -1.32. The first-order valence-electron chi connectivity index (χ1n) is 5.64. The summed E-state index contributed by atoms with van der Waals surface area (Å²) in [6.07, 6.45) is 0. The van der Waals surface area contributed by atoms with Crippen LogP contribution in [0.15, 0.2) is 40.9 Å². The van der Waals surface area contributed by atoms with Crippen molar-refractivity contribution in [3.63, 3.8) is 0 Å². The Labute approximate surface area is 125 Å². The summed E-state index contributed by atoms with van der Waals surface area (Å²) in [4.78, 5) is 15.4. The molecule has 0 spiro atoms. The van der Waals surface area contributed by atoms with Crippen LogP contribution in [0.5, 0.6) is 0 Å². The molecular formula is C14H7BrFNO2S. The first-order chi connectivity index (χ1) is 9.54. The highest BCUT2D eigenvalue weighted by atomic mass is 79.9. The Balaban J connectivity index is 2.17. The lowest BCUT2D eigenvalue weighted by molar-refractivity contribution is 0.0697. The molecule has 0 aliphatic rings. The molecule has 20 heavy (non-hydrogen) atoms. The Kier molecular flexibility index (Phi) is 3.27. The van der Waals surface area contributed by atoms with Gasteiger partial charge in [-0.2, -0.15) is 0 Å². The number of halogens is 2. The molecule has 2 aromatic carbocycles. The van der Waals surface area contributed by atoms with Crippen LogP contribution in [-0.2, 0) is 0 Å². The van der Waals surface area contributed by atoms with Gasteiger partial charge in [-0.05, 0) is 36.4 Å². The Morgan fingerprint density at radius 3 is 2.80 bits per heavy atom. The quantitative estimate of drug-likeness (QED) is 0.735. The first-order valence-corrected chi connectivity index (χ1v) is 7.25. The van der Waals surface area contributed by atoms with Gasteiger partial charge in [0, 0.05) is 10.0 Å². The molecule has 0 unspecified atom stereocenters. The van der Waals surface area contributed by atoms with E-state index in [9.17, 15) is 9.18 Å². The monoisotopic (exact) mass is 351 g/mol. The predicted octanol–water partition coefficient (Wildman–Crippen LogP) is 4.56. The third-order valence-electron chi connectivity index (χ3n) is 2.79. The lowest BCUT2D eigenvalue weighted by Gasteiger charge is -1.99. The van der Waals surface area contributed by atoms with E-state index < -0.39 is 5.97 Å². The van der Waals surface area contributed by atoms with Crippen LogP contribution in [0.1, 0.15) is 10.4 Å². The van der Waals surface area contributed by atoms with E-state index in [2.05, 4.69) is 20.9 Å². The molecule has 0 radical (unpaired) electrons. The van der Waals surface area contributed by atoms with Gasteiger partial charge in [-0.1, -0.05) is 15.9 Å². The van der Waals surface area contributed by atoms with Gasteiger partial charge >= 0.3 is 5.97 Å². The largest absolute Gasteiger partial charge is 0.478 e. The average Bonchev–Trinajstić information content (AvgIpc) is 2.83. The van der Waals surface area contributed by atoms with Gasteiger partial charge in [-0.15, -0.1) is 11.3 Å². The number of fused-ring (bicyclic) bond motifs is 1. The van der Waals surface area contributed by atoms with Gasteiger partial charge in [0.1, 0.15) is 10.8 Å². The molecule has 0 fully saturated rings. The van der Waals surface area contributed by atoms with Gasteiger partial charge in [0.15, 0.2) is 0 Å². The highest BCUT2D eigenvalue weighted by molar-refractivity contribution is 9.10. The van der Waals surface area contributed by atoms with Gasteiger partial charge in [0.05, 0.1) is 15.8 Å². The number of hydrogen-bond acceptors (Lipinski definition) is 3. The minimum atomic E-state index is -0.978. The molecule has 0 atom stereocenters. The minimum Gasteiger partial charge on any atom is -0.478 e. The van der Waals surface area contributed by atoms with E-state index in [4.69, 9.17) is 5.11 Å². The number of rotatable bonds is 2. The Hall–Kier alpha value is -1.79. The standard InChI is InChI=1S/C14H7BrFNO2S/c15-10-3-2-8(16)6-9(10)13-17-11-4-1-7(14(18)19)5-12(11)20-13/h1-6H,(H,18,19). The first kappa shape index (κ1) is 13.2. The smallest absolute Gasteiger partial charge is 0.335 e. The van der Waals surface area contributed by atoms with E-state index in [1.54, 1.807) is 18.2 Å². The summed E-state index contributed by atoms with van der Waals surface area (Å²) in [7, 11) is 0. The summed E-state index contributed by atoms with van der Waals surface area (Å²) >= 11 is 4.70. The van der Waals surface area contributed by atoms with Crippen molar-refractivity contribution < 1.29 is 14.3 Å². The molecule has 1 heterocycles. The number of hydrogen-bond donors (Lipinski definition) is 1. The second-order valence-electron chi connectivity index (χ2n) is 4.13. The van der Waals surface area contributed by atoms with Gasteiger partial charge < -0.3 is 5.11 Å². The van der Waals surface area contributed by atoms with Crippen LogP contribution in [-0.4, -0.2) is 16.1 Å². The number of nitrogens with zero attached hydrogens (tertiary/aromatic N) is 1. The van der Waals surface area contributed by atoms with E-state index in [0.29, 0.717) is 16.1 Å². The molecule has 6 heteroatoms. The number of carboxylic acids is 1. The summed E-state index contributed by atoms with van der Waals surface area (Å²) < 4.78 is 14.8. The number of thiazole rings is 1. The highest BCUT2D eigenvalue weighted by Gasteiger charge is 2.12. The normalized spacial score (nSPS) is 10.9. The third kappa shape index (κ3) is 2.32. The molecular weight excluding hydrogens is 345 g/mol. The van der Waals surface area contributed by atoms with Crippen LogP contribution in [0, 0.1) is 5.82 Å². The zero-order valence-corrected chi connectivity index (χ0v) is 12.3. The molecule has 1 N–H and O–H groups in total. The number of benzene rings is 2. The van der Waals surface area contributed by atoms with Crippen LogP contribution in [0.25, 0.3) is 20.8 Å². The summed E-state index contributed by atoms with van der Waals surface area (Å²) in [5, 5.41) is 9.62. The minimum absolute atomic E-state index is 0.214. The third-order valence-corrected chi connectivity index (χ3v) is 4.54. The number of aromatic nitrogens is 1. The van der Waals surface area contributed by atoms with Crippen LogP contribution in [0.4, 0.5) is 4.39 Å². The topological polar surface area (TPSA) is 50.2 Å². The SMILES string of the molecule is O=C(O)c1ccc2nc(-c3cc(F)ccc3Br)sc2c1. The molecule has 3 nitrogen and oxygen atoms in total. The van der Waals surface area contributed by atoms with Crippen molar-refractivity contribution in [2.24, 2.45) is 0 Å². The molecule has 0 amide bonds. The maximum Gasteiger partial charge on any atom is 0.335 e. The number of carbonyl (C=O) groups is 1. The Morgan fingerprint density at radius 2 is 2.05 bits per heavy atom. The Morgan fingerprint density at radius 1 is 1.25 bits per heavy atom. The number of carboxylic acid groups (broad SMARTS) is 1. The predicted molar refractivity (Wildman–Crippen MR) is 79.7 cm³/mol. The Bertz CT molecular complexity index is 831. The van der Waals surface area contributed by atoms with Crippen LogP contribution >= 0.6 is 27.3 Å². The van der Waals surface area contributed by atoms with E-state index in [1.165, 1.54) is 29.5 Å². The highest BCUT2D eigenvalue weighted by Crippen LogP contribution is 2.35. The van der Waals surface area contributed by atoms with E-state index in [0.717, 1.165) is 9.17 Å². The average molecular weight is 352 g/mol. The van der Waals surface area contributed by atoms with E-state index >= 15 is 0 Å². The van der Waals surface area contributed by atoms with Crippen molar-refractivity contribution in [1.82, 2.24) is 4.98 Å². The molecule has 0 bridgehead atoms. The number of aromatic carboxylic acids is 1. The van der Waals surface area contributed by atoms with E-state index in [-0.39, 0.29) is 11.4 Å². The lowest BCUT2D eigenvalue weighted by atomic mass is 10.2. The van der Waals surface area contributed by atoms with Crippen molar-refractivity contribution in [2.45, 2.75) is 0 Å². The van der Waals surface area contributed by atoms with Gasteiger partial charge in [0.2, 0.25) is 0 Å². The van der Waals surface area contributed by atoms with Gasteiger partial charge in [0.25, 0.3) is 0 Å². The molecule has 3 rings (SSSR count). The van der Waals surface area contributed by atoms with Gasteiger partial charge in [-0.3, -0.25) is 0 Å². The summed E-state index contributed by atoms with van der Waals surface area (Å²) in [6.45, 7) is 0. The summed E-state index contributed by atoms with van der Waals surface area (Å²) in [6, 6.07) is 9.13. The second kappa shape index (κ2) is 4.96. The molecule has 100 valence electrons. The zero-order valence-electron chi connectivity index (χ0n) is 9.93. The molecule has 0 saturated heterocycles. The van der Waals surface area contributed by atoms with Crippen molar-refractivity contribution in [3.8, 4) is 10.6 Å². The van der Waals surface area contributed by atoms with Crippen molar-refractivity contribution >= 4 is 43.5 Å². The fourth-order valence-corrected chi connectivity index (χ4v) is 3.44. The fourth-order valence-electron chi connectivity index (χ4n) is 1.83. The second-order valence-corrected chi connectivity index (χ2v) is 6.02. The molecule has 0 saturated carbocycles. The fraction of sp³-hybridized carbons (Fsp3) is 0. The molecule has 0 aliphatic heterocycles. The maximum absolute atomic E-state index is 13.3. The zero-order chi connectivity index (χ0) is 14.3. The molecule has 0 aliphatic carbocycles. The van der Waals surface area contributed by atoms with Gasteiger partial charge in [-0.25, -0.2) is 14.2 Å². The molecule has 1 aromatic heterocycles. The van der Waals surface area contributed by atoms with Crippen molar-refractivity contribution in [1.29, 1.82) is 0 Å². The molecule has 3 aromatic rings. The van der Waals surface area contributed by atoms with Crippen LogP contribution < -0.4 is 0 Å². The van der Waals surface area contributed by atoms with Crippen molar-refractivity contribution in [2.75, 3.05) is 0 Å². The van der Waals surface area contributed by atoms with Crippen LogP contribution in [0.2, 0.25) is 0 Å². The lowest BCUT2D eigenvalue weighted by Crippen LogP contribution is -1.94. The van der Waals surface area contributed by atoms with Crippen LogP contribution in [0.3, 0.4) is 0 Å². The maximum atomic E-state index is 13.3. The van der Waals surface area contributed by atoms with Crippen molar-refractivity contribution in [3.05, 3.63) is 52.3 Å².